The highest BCUT2D eigenvalue weighted by atomic mass is 16.3. The van der Waals surface area contributed by atoms with Gasteiger partial charge in [0, 0.05) is 37.1 Å². The molecule has 3 N–H and O–H groups in total. The van der Waals surface area contributed by atoms with E-state index in [0.717, 1.165) is 17.8 Å². The number of carbonyl (C=O) groups is 1. The molecule has 0 aliphatic rings. The number of aliphatic hydroxyl groups excluding tert-OH is 1. The monoisotopic (exact) mass is 293 g/mol. The van der Waals surface area contributed by atoms with Crippen LogP contribution >= 0.6 is 0 Å². The highest BCUT2D eigenvalue weighted by Crippen LogP contribution is 2.20. The lowest BCUT2D eigenvalue weighted by atomic mass is 10.1. The fourth-order valence-electron chi connectivity index (χ4n) is 1.99. The van der Waals surface area contributed by atoms with Crippen LogP contribution in [-0.4, -0.2) is 36.9 Å². The van der Waals surface area contributed by atoms with Crippen LogP contribution in [0, 0.1) is 0 Å². The minimum atomic E-state index is -0.236. The van der Waals surface area contributed by atoms with Crippen LogP contribution in [0.5, 0.6) is 0 Å². The van der Waals surface area contributed by atoms with Gasteiger partial charge in [-0.05, 0) is 44.9 Å². The maximum absolute atomic E-state index is 12.0. The van der Waals surface area contributed by atoms with E-state index in [0.29, 0.717) is 12.5 Å². The molecule has 118 valence electrons. The van der Waals surface area contributed by atoms with E-state index in [1.54, 1.807) is 0 Å². The van der Waals surface area contributed by atoms with Crippen molar-refractivity contribution >= 4 is 17.4 Å². The lowest BCUT2D eigenvalue weighted by molar-refractivity contribution is 0.237. The third-order valence-electron chi connectivity index (χ3n) is 3.59. The Balaban J connectivity index is 2.66. The van der Waals surface area contributed by atoms with Crippen LogP contribution in [0.2, 0.25) is 0 Å². The average Bonchev–Trinajstić information content (AvgIpc) is 2.46. The topological polar surface area (TPSA) is 64.6 Å². The molecular weight excluding hydrogens is 266 g/mol. The van der Waals surface area contributed by atoms with Crippen molar-refractivity contribution < 1.29 is 9.90 Å². The molecular formula is C16H27N3O2. The van der Waals surface area contributed by atoms with Crippen molar-refractivity contribution in [2.75, 3.05) is 23.9 Å². The molecule has 0 radical (unpaired) electrons. The molecule has 5 nitrogen and oxygen atoms in total. The van der Waals surface area contributed by atoms with E-state index in [4.69, 9.17) is 5.11 Å². The number of hydrogen-bond donors (Lipinski definition) is 3. The zero-order valence-corrected chi connectivity index (χ0v) is 13.4. The predicted octanol–water partition coefficient (Wildman–Crippen LogP) is 2.81. The second-order valence-electron chi connectivity index (χ2n) is 5.47. The summed E-state index contributed by atoms with van der Waals surface area (Å²) < 4.78 is 0. The first-order chi connectivity index (χ1) is 9.97. The number of amides is 2. The van der Waals surface area contributed by atoms with Crippen molar-refractivity contribution in [1.29, 1.82) is 0 Å². The molecule has 0 aliphatic heterocycles. The first-order valence-electron chi connectivity index (χ1n) is 7.49. The quantitative estimate of drug-likeness (QED) is 0.724. The van der Waals surface area contributed by atoms with Gasteiger partial charge in [-0.1, -0.05) is 13.0 Å². The number of rotatable bonds is 7. The lowest BCUT2D eigenvalue weighted by Crippen LogP contribution is -2.38. The molecule has 5 heteroatoms. The molecule has 0 heterocycles. The highest BCUT2D eigenvalue weighted by molar-refractivity contribution is 5.90. The van der Waals surface area contributed by atoms with Gasteiger partial charge < -0.3 is 20.6 Å². The minimum Gasteiger partial charge on any atom is -0.396 e. The summed E-state index contributed by atoms with van der Waals surface area (Å²) in [5.41, 5.74) is 1.82. The van der Waals surface area contributed by atoms with E-state index in [-0.39, 0.29) is 18.7 Å². The molecule has 1 aromatic rings. The SMILES string of the molecule is CC[C@H](CCO)NC(=O)Nc1cccc(N(C)C(C)C)c1. The molecule has 1 atom stereocenters. The fourth-order valence-corrected chi connectivity index (χ4v) is 1.99. The van der Waals surface area contributed by atoms with E-state index in [2.05, 4.69) is 29.4 Å². The van der Waals surface area contributed by atoms with Crippen molar-refractivity contribution in [3.8, 4) is 0 Å². The van der Waals surface area contributed by atoms with Gasteiger partial charge >= 0.3 is 6.03 Å². The predicted molar refractivity (Wildman–Crippen MR) is 87.9 cm³/mol. The number of aliphatic hydroxyl groups is 1. The van der Waals surface area contributed by atoms with Crippen LogP contribution in [0.15, 0.2) is 24.3 Å². The average molecular weight is 293 g/mol. The summed E-state index contributed by atoms with van der Waals surface area (Å²) in [6, 6.07) is 7.91. The molecule has 0 unspecified atom stereocenters. The first kappa shape index (κ1) is 17.3. The van der Waals surface area contributed by atoms with Crippen molar-refractivity contribution in [3.05, 3.63) is 24.3 Å². The van der Waals surface area contributed by atoms with Crippen molar-refractivity contribution in [1.82, 2.24) is 5.32 Å². The zero-order chi connectivity index (χ0) is 15.8. The number of benzene rings is 1. The summed E-state index contributed by atoms with van der Waals surface area (Å²) in [6.07, 6.45) is 1.37. The zero-order valence-electron chi connectivity index (χ0n) is 13.4. The van der Waals surface area contributed by atoms with Crippen molar-refractivity contribution in [2.24, 2.45) is 0 Å². The van der Waals surface area contributed by atoms with Crippen LogP contribution < -0.4 is 15.5 Å². The normalized spacial score (nSPS) is 12.1. The second kappa shape index (κ2) is 8.52. The maximum atomic E-state index is 12.0. The van der Waals surface area contributed by atoms with E-state index in [1.165, 1.54) is 0 Å². The standard InChI is InChI=1S/C16H27N3O2/c1-5-13(9-10-20)17-16(21)18-14-7-6-8-15(11-14)19(4)12(2)3/h6-8,11-13,20H,5,9-10H2,1-4H3,(H2,17,18,21)/t13-/m1/s1. The van der Waals surface area contributed by atoms with E-state index < -0.39 is 0 Å². The lowest BCUT2D eigenvalue weighted by Gasteiger charge is -2.24. The Hall–Kier alpha value is -1.75. The summed E-state index contributed by atoms with van der Waals surface area (Å²) in [4.78, 5) is 14.1. The van der Waals surface area contributed by atoms with Gasteiger partial charge in [0.15, 0.2) is 0 Å². The van der Waals surface area contributed by atoms with Gasteiger partial charge in [-0.25, -0.2) is 4.79 Å². The summed E-state index contributed by atoms with van der Waals surface area (Å²) in [5, 5.41) is 14.6. The molecule has 0 bridgehead atoms. The summed E-state index contributed by atoms with van der Waals surface area (Å²) in [7, 11) is 2.03. The maximum Gasteiger partial charge on any atom is 0.319 e. The first-order valence-corrected chi connectivity index (χ1v) is 7.49. The number of nitrogens with zero attached hydrogens (tertiary/aromatic N) is 1. The molecule has 1 rings (SSSR count). The van der Waals surface area contributed by atoms with Crippen LogP contribution in [0.25, 0.3) is 0 Å². The minimum absolute atomic E-state index is 0.00322. The van der Waals surface area contributed by atoms with Gasteiger partial charge in [0.25, 0.3) is 0 Å². The third kappa shape index (κ3) is 5.63. The summed E-state index contributed by atoms with van der Waals surface area (Å²) in [5.74, 6) is 0. The molecule has 2 amide bonds. The van der Waals surface area contributed by atoms with Gasteiger partial charge in [0.1, 0.15) is 0 Å². The van der Waals surface area contributed by atoms with Crippen molar-refractivity contribution in [3.63, 3.8) is 0 Å². The molecule has 0 spiro atoms. The molecule has 1 aromatic carbocycles. The number of urea groups is 1. The second-order valence-corrected chi connectivity index (χ2v) is 5.47. The molecule has 0 saturated carbocycles. The molecule has 0 saturated heterocycles. The number of anilines is 2. The Morgan fingerprint density at radius 2 is 2.10 bits per heavy atom. The Morgan fingerprint density at radius 3 is 2.67 bits per heavy atom. The molecule has 0 aliphatic carbocycles. The Morgan fingerprint density at radius 1 is 1.38 bits per heavy atom. The van der Waals surface area contributed by atoms with E-state index in [9.17, 15) is 4.79 Å². The van der Waals surface area contributed by atoms with Gasteiger partial charge in [-0.2, -0.15) is 0 Å². The van der Waals surface area contributed by atoms with Crippen molar-refractivity contribution in [2.45, 2.75) is 45.7 Å². The largest absolute Gasteiger partial charge is 0.396 e. The van der Waals surface area contributed by atoms with Gasteiger partial charge in [0.05, 0.1) is 0 Å². The van der Waals surface area contributed by atoms with E-state index in [1.807, 2.05) is 38.2 Å². The Labute approximate surface area is 127 Å². The van der Waals surface area contributed by atoms with Crippen LogP contribution in [-0.2, 0) is 0 Å². The smallest absolute Gasteiger partial charge is 0.319 e. The summed E-state index contributed by atoms with van der Waals surface area (Å²) in [6.45, 7) is 6.30. The summed E-state index contributed by atoms with van der Waals surface area (Å²) >= 11 is 0. The Bertz CT molecular complexity index is 449. The fraction of sp³-hybridized carbons (Fsp3) is 0.562. The van der Waals surface area contributed by atoms with Crippen LogP contribution in [0.4, 0.5) is 16.2 Å². The number of nitrogens with one attached hydrogen (secondary N) is 2. The van der Waals surface area contributed by atoms with Crippen LogP contribution in [0.1, 0.15) is 33.6 Å². The third-order valence-corrected chi connectivity index (χ3v) is 3.59. The number of hydrogen-bond acceptors (Lipinski definition) is 3. The Kier molecular flexibility index (Phi) is 7.02. The van der Waals surface area contributed by atoms with Crippen LogP contribution in [0.3, 0.4) is 0 Å². The highest BCUT2D eigenvalue weighted by Gasteiger charge is 2.11. The molecule has 21 heavy (non-hydrogen) atoms. The van der Waals surface area contributed by atoms with Gasteiger partial charge in [-0.3, -0.25) is 0 Å². The van der Waals surface area contributed by atoms with E-state index >= 15 is 0 Å². The van der Waals surface area contributed by atoms with Gasteiger partial charge in [-0.15, -0.1) is 0 Å². The molecule has 0 fully saturated rings. The van der Waals surface area contributed by atoms with Gasteiger partial charge in [0.2, 0.25) is 0 Å². The molecule has 0 aromatic heterocycles. The number of carbonyl (C=O) groups excluding carboxylic acids is 1.